The van der Waals surface area contributed by atoms with Crippen LogP contribution in [0.4, 0.5) is 5.69 Å². The smallest absolute Gasteiger partial charge is 0.101 e. The first-order valence-electron chi connectivity index (χ1n) is 7.01. The van der Waals surface area contributed by atoms with Crippen molar-refractivity contribution in [1.82, 2.24) is 0 Å². The zero-order chi connectivity index (χ0) is 13.8. The van der Waals surface area contributed by atoms with Crippen LogP contribution in [0.3, 0.4) is 0 Å². The second-order valence-corrected chi connectivity index (χ2v) is 6.26. The maximum atomic E-state index is 9.37. The van der Waals surface area contributed by atoms with Crippen molar-refractivity contribution in [2.45, 2.75) is 44.5 Å². The number of nitriles is 1. The van der Waals surface area contributed by atoms with E-state index in [1.54, 1.807) is 0 Å². The predicted octanol–water partition coefficient (Wildman–Crippen LogP) is 4.47. The summed E-state index contributed by atoms with van der Waals surface area (Å²) in [7, 11) is 0. The summed E-state index contributed by atoms with van der Waals surface area (Å²) in [5.41, 5.74) is 3.10. The van der Waals surface area contributed by atoms with Crippen molar-refractivity contribution >= 4 is 21.6 Å². The number of hydrogen-bond acceptors (Lipinski definition) is 2. The topological polar surface area (TPSA) is 27.0 Å². The molecule has 3 heteroatoms. The van der Waals surface area contributed by atoms with Crippen LogP contribution in [-0.2, 0) is 5.33 Å². The van der Waals surface area contributed by atoms with Gasteiger partial charge in [-0.15, -0.1) is 0 Å². The summed E-state index contributed by atoms with van der Waals surface area (Å²) in [5.74, 6) is 0.702. The molecule has 2 rings (SSSR count). The van der Waals surface area contributed by atoms with E-state index in [-0.39, 0.29) is 0 Å². The van der Waals surface area contributed by atoms with Gasteiger partial charge in [0.15, 0.2) is 0 Å². The summed E-state index contributed by atoms with van der Waals surface area (Å²) >= 11 is 3.45. The molecule has 1 aliphatic rings. The number of nitrogens with zero attached hydrogens (tertiary/aromatic N) is 2. The Balaban J connectivity index is 2.23. The molecule has 1 saturated carbocycles. The van der Waals surface area contributed by atoms with Gasteiger partial charge in [-0.05, 0) is 42.9 Å². The molecule has 0 atom stereocenters. The molecular formula is C16H21BrN2. The highest BCUT2D eigenvalue weighted by Crippen LogP contribution is 2.34. The molecule has 0 saturated heterocycles. The molecule has 0 N–H and O–H groups in total. The molecule has 0 amide bonds. The monoisotopic (exact) mass is 320 g/mol. The number of hydrogen-bond donors (Lipinski definition) is 0. The molecule has 1 aromatic carbocycles. The van der Waals surface area contributed by atoms with E-state index in [4.69, 9.17) is 0 Å². The van der Waals surface area contributed by atoms with Crippen LogP contribution in [0.15, 0.2) is 18.2 Å². The van der Waals surface area contributed by atoms with Crippen molar-refractivity contribution in [2.75, 3.05) is 11.4 Å². The van der Waals surface area contributed by atoms with E-state index in [1.807, 2.05) is 6.07 Å². The molecule has 0 bridgehead atoms. The predicted molar refractivity (Wildman–Crippen MR) is 83.6 cm³/mol. The molecule has 0 heterocycles. The summed E-state index contributed by atoms with van der Waals surface area (Å²) in [5, 5.41) is 10.2. The zero-order valence-electron chi connectivity index (χ0n) is 11.7. The Hall–Kier alpha value is -1.01. The largest absolute Gasteiger partial charge is 0.367 e. The summed E-state index contributed by atoms with van der Waals surface area (Å²) in [4.78, 5) is 2.44. The van der Waals surface area contributed by atoms with Gasteiger partial charge >= 0.3 is 0 Å². The third-order valence-corrected chi connectivity index (χ3v) is 4.23. The van der Waals surface area contributed by atoms with Crippen molar-refractivity contribution in [2.24, 2.45) is 5.92 Å². The minimum absolute atomic E-state index is 0.653. The maximum Gasteiger partial charge on any atom is 0.101 e. The SMILES string of the molecule is CC(C)CCN(c1ccc(CBr)cc1C#N)C1CC1. The van der Waals surface area contributed by atoms with E-state index in [0.29, 0.717) is 12.0 Å². The maximum absolute atomic E-state index is 9.37. The van der Waals surface area contributed by atoms with Crippen LogP contribution in [0.5, 0.6) is 0 Å². The van der Waals surface area contributed by atoms with E-state index in [9.17, 15) is 5.26 Å². The second-order valence-electron chi connectivity index (χ2n) is 5.70. The third kappa shape index (κ3) is 3.73. The van der Waals surface area contributed by atoms with Gasteiger partial charge in [-0.3, -0.25) is 0 Å². The van der Waals surface area contributed by atoms with Gasteiger partial charge in [0.05, 0.1) is 11.3 Å². The molecule has 2 nitrogen and oxygen atoms in total. The Morgan fingerprint density at radius 2 is 2.16 bits per heavy atom. The lowest BCUT2D eigenvalue weighted by atomic mass is 10.1. The lowest BCUT2D eigenvalue weighted by Crippen LogP contribution is -2.28. The molecule has 1 aliphatic carbocycles. The van der Waals surface area contributed by atoms with Crippen molar-refractivity contribution in [3.63, 3.8) is 0 Å². The fourth-order valence-corrected chi connectivity index (χ4v) is 2.64. The van der Waals surface area contributed by atoms with Crippen molar-refractivity contribution in [3.05, 3.63) is 29.3 Å². The zero-order valence-corrected chi connectivity index (χ0v) is 13.3. The Morgan fingerprint density at radius 3 is 2.68 bits per heavy atom. The highest BCUT2D eigenvalue weighted by atomic mass is 79.9. The molecule has 102 valence electrons. The Labute approximate surface area is 124 Å². The molecule has 0 aromatic heterocycles. The molecule has 1 fully saturated rings. The molecule has 0 unspecified atom stereocenters. The fourth-order valence-electron chi connectivity index (χ4n) is 2.29. The standard InChI is InChI=1S/C16H21BrN2/c1-12(2)7-8-19(15-4-5-15)16-6-3-13(10-17)9-14(16)11-18/h3,6,9,12,15H,4-5,7-8,10H2,1-2H3. The first-order valence-corrected chi connectivity index (χ1v) is 8.13. The van der Waals surface area contributed by atoms with Crippen LogP contribution in [0.25, 0.3) is 0 Å². The normalized spacial score (nSPS) is 14.5. The first-order chi connectivity index (χ1) is 9.15. The van der Waals surface area contributed by atoms with Gasteiger partial charge in [-0.2, -0.15) is 5.26 Å². The van der Waals surface area contributed by atoms with Crippen LogP contribution >= 0.6 is 15.9 Å². The number of halogens is 1. The van der Waals surface area contributed by atoms with Crippen LogP contribution in [0, 0.1) is 17.2 Å². The highest BCUT2D eigenvalue weighted by molar-refractivity contribution is 9.08. The van der Waals surface area contributed by atoms with Crippen molar-refractivity contribution < 1.29 is 0 Å². The molecular weight excluding hydrogens is 300 g/mol. The minimum Gasteiger partial charge on any atom is -0.367 e. The van der Waals surface area contributed by atoms with Crippen LogP contribution in [-0.4, -0.2) is 12.6 Å². The lowest BCUT2D eigenvalue weighted by Gasteiger charge is -2.26. The molecule has 0 aliphatic heterocycles. The van der Waals surface area contributed by atoms with Gasteiger partial charge in [0.1, 0.15) is 6.07 Å². The van der Waals surface area contributed by atoms with Crippen LogP contribution < -0.4 is 4.90 Å². The number of rotatable bonds is 6. The van der Waals surface area contributed by atoms with Gasteiger partial charge in [0, 0.05) is 17.9 Å². The van der Waals surface area contributed by atoms with E-state index < -0.39 is 0 Å². The van der Waals surface area contributed by atoms with Crippen LogP contribution in [0.2, 0.25) is 0 Å². The van der Waals surface area contributed by atoms with Gasteiger partial charge in [-0.25, -0.2) is 0 Å². The number of alkyl halides is 1. The Bertz CT molecular complexity index is 472. The quantitative estimate of drug-likeness (QED) is 0.723. The summed E-state index contributed by atoms with van der Waals surface area (Å²) in [6, 6.07) is 9.26. The van der Waals surface area contributed by atoms with Gasteiger partial charge in [-0.1, -0.05) is 35.8 Å². The van der Waals surface area contributed by atoms with E-state index >= 15 is 0 Å². The first kappa shape index (κ1) is 14.4. The van der Waals surface area contributed by atoms with E-state index in [2.05, 4.69) is 52.9 Å². The Kier molecular flexibility index (Phi) is 4.87. The number of anilines is 1. The van der Waals surface area contributed by atoms with E-state index in [1.165, 1.54) is 24.8 Å². The second kappa shape index (κ2) is 6.43. The minimum atomic E-state index is 0.653. The molecule has 0 spiro atoms. The highest BCUT2D eigenvalue weighted by Gasteiger charge is 2.30. The average molecular weight is 321 g/mol. The molecule has 19 heavy (non-hydrogen) atoms. The van der Waals surface area contributed by atoms with Crippen molar-refractivity contribution in [1.29, 1.82) is 5.26 Å². The van der Waals surface area contributed by atoms with Crippen molar-refractivity contribution in [3.8, 4) is 6.07 Å². The molecule has 0 radical (unpaired) electrons. The molecule has 1 aromatic rings. The number of benzene rings is 1. The van der Waals surface area contributed by atoms with Gasteiger partial charge < -0.3 is 4.90 Å². The van der Waals surface area contributed by atoms with Crippen LogP contribution in [0.1, 0.15) is 44.2 Å². The fraction of sp³-hybridized carbons (Fsp3) is 0.562. The van der Waals surface area contributed by atoms with Gasteiger partial charge in [0.25, 0.3) is 0 Å². The Morgan fingerprint density at radius 1 is 1.42 bits per heavy atom. The summed E-state index contributed by atoms with van der Waals surface area (Å²) < 4.78 is 0. The summed E-state index contributed by atoms with van der Waals surface area (Å²) in [6.07, 6.45) is 3.72. The lowest BCUT2D eigenvalue weighted by molar-refractivity contribution is 0.570. The summed E-state index contributed by atoms with van der Waals surface area (Å²) in [6.45, 7) is 5.57. The van der Waals surface area contributed by atoms with E-state index in [0.717, 1.165) is 23.1 Å². The van der Waals surface area contributed by atoms with Gasteiger partial charge in [0.2, 0.25) is 0 Å². The third-order valence-electron chi connectivity index (χ3n) is 3.58. The average Bonchev–Trinajstić information content (AvgIpc) is 3.23.